The first-order valence-corrected chi connectivity index (χ1v) is 10.5. The molecule has 7 nitrogen and oxygen atoms in total. The zero-order valence-electron chi connectivity index (χ0n) is 17.7. The Morgan fingerprint density at radius 3 is 2.55 bits per heavy atom. The van der Waals surface area contributed by atoms with Crippen LogP contribution in [0.3, 0.4) is 0 Å². The lowest BCUT2D eigenvalue weighted by Gasteiger charge is -2.13. The van der Waals surface area contributed by atoms with Crippen molar-refractivity contribution in [2.24, 2.45) is 0 Å². The summed E-state index contributed by atoms with van der Waals surface area (Å²) in [5.41, 5.74) is 2.61. The Balaban J connectivity index is 1.45. The van der Waals surface area contributed by atoms with Crippen LogP contribution in [0, 0.1) is 6.92 Å². The molecule has 1 aliphatic carbocycles. The SMILES string of the molecule is Cc1ccccc1C1(c2noc(-c3cc(C(F)F)n(Cc4ccc(C(=O)O)cc4)n3)n2)CC1. The second-order valence-electron chi connectivity index (χ2n) is 8.24. The molecule has 0 aliphatic heterocycles. The van der Waals surface area contributed by atoms with Gasteiger partial charge in [0.15, 0.2) is 11.5 Å². The summed E-state index contributed by atoms with van der Waals surface area (Å²) in [5.74, 6) is -0.432. The predicted molar refractivity (Wildman–Crippen MR) is 114 cm³/mol. The highest BCUT2D eigenvalue weighted by Gasteiger charge is 2.50. The molecule has 4 aromatic rings. The first-order chi connectivity index (χ1) is 15.9. The van der Waals surface area contributed by atoms with Gasteiger partial charge < -0.3 is 9.63 Å². The van der Waals surface area contributed by atoms with Gasteiger partial charge in [-0.1, -0.05) is 41.6 Å². The third-order valence-electron chi connectivity index (χ3n) is 6.05. The number of alkyl halides is 2. The average molecular weight is 450 g/mol. The van der Waals surface area contributed by atoms with Gasteiger partial charge in [-0.2, -0.15) is 10.1 Å². The van der Waals surface area contributed by atoms with Crippen molar-refractivity contribution >= 4 is 5.97 Å². The van der Waals surface area contributed by atoms with Crippen molar-refractivity contribution in [2.75, 3.05) is 0 Å². The van der Waals surface area contributed by atoms with Crippen LogP contribution in [-0.2, 0) is 12.0 Å². The molecule has 0 spiro atoms. The molecular weight excluding hydrogens is 430 g/mol. The van der Waals surface area contributed by atoms with Gasteiger partial charge in [0, 0.05) is 0 Å². The number of aromatic nitrogens is 4. The summed E-state index contributed by atoms with van der Waals surface area (Å²) < 4.78 is 34.0. The van der Waals surface area contributed by atoms with Crippen molar-refractivity contribution in [3.05, 3.63) is 88.4 Å². The highest BCUT2D eigenvalue weighted by atomic mass is 19.3. The third-order valence-corrected chi connectivity index (χ3v) is 6.05. The van der Waals surface area contributed by atoms with Gasteiger partial charge in [0.1, 0.15) is 5.69 Å². The molecule has 33 heavy (non-hydrogen) atoms. The number of rotatable bonds is 7. The van der Waals surface area contributed by atoms with E-state index in [0.29, 0.717) is 11.4 Å². The van der Waals surface area contributed by atoms with Crippen molar-refractivity contribution in [2.45, 2.75) is 38.2 Å². The molecule has 0 radical (unpaired) electrons. The van der Waals surface area contributed by atoms with E-state index in [1.165, 1.54) is 22.9 Å². The Hall–Kier alpha value is -3.88. The number of carboxylic acid groups (broad SMARTS) is 1. The number of hydrogen-bond donors (Lipinski definition) is 1. The minimum Gasteiger partial charge on any atom is -0.478 e. The molecule has 1 aliphatic rings. The quantitative estimate of drug-likeness (QED) is 0.426. The maximum Gasteiger partial charge on any atom is 0.335 e. The second kappa shape index (κ2) is 7.91. The molecular formula is C24H20F2N4O3. The van der Waals surface area contributed by atoms with E-state index in [9.17, 15) is 13.6 Å². The van der Waals surface area contributed by atoms with Gasteiger partial charge in [0.05, 0.1) is 17.5 Å². The van der Waals surface area contributed by atoms with Gasteiger partial charge in [0.25, 0.3) is 12.3 Å². The molecule has 9 heteroatoms. The van der Waals surface area contributed by atoms with Crippen LogP contribution in [0.4, 0.5) is 8.78 Å². The lowest BCUT2D eigenvalue weighted by Crippen LogP contribution is -2.12. The Morgan fingerprint density at radius 1 is 1.18 bits per heavy atom. The van der Waals surface area contributed by atoms with Crippen LogP contribution in [0.1, 0.15) is 57.8 Å². The summed E-state index contributed by atoms with van der Waals surface area (Å²) in [6.45, 7) is 2.09. The summed E-state index contributed by atoms with van der Waals surface area (Å²) in [7, 11) is 0. The minimum atomic E-state index is -2.76. The lowest BCUT2D eigenvalue weighted by molar-refractivity contribution is 0.0697. The Morgan fingerprint density at radius 2 is 1.91 bits per heavy atom. The Kier molecular flexibility index (Phi) is 5.03. The van der Waals surface area contributed by atoms with Crippen LogP contribution in [0.2, 0.25) is 0 Å². The molecule has 1 saturated carbocycles. The van der Waals surface area contributed by atoms with Crippen LogP contribution in [0.25, 0.3) is 11.6 Å². The molecule has 1 N–H and O–H groups in total. The van der Waals surface area contributed by atoms with Crippen LogP contribution in [0.15, 0.2) is 59.1 Å². The molecule has 168 valence electrons. The summed E-state index contributed by atoms with van der Waals surface area (Å²) >= 11 is 0. The van der Waals surface area contributed by atoms with Gasteiger partial charge in [0.2, 0.25) is 0 Å². The van der Waals surface area contributed by atoms with Crippen LogP contribution in [-0.4, -0.2) is 31.0 Å². The summed E-state index contributed by atoms with van der Waals surface area (Å²) in [6, 6.07) is 15.3. The number of aromatic carboxylic acids is 1. The average Bonchev–Trinajstić information content (AvgIpc) is 3.24. The first-order valence-electron chi connectivity index (χ1n) is 10.5. The maximum absolute atomic E-state index is 13.7. The molecule has 0 amide bonds. The number of nitrogens with zero attached hydrogens (tertiary/aromatic N) is 4. The summed E-state index contributed by atoms with van der Waals surface area (Å²) in [5, 5.41) is 17.5. The number of halogens is 2. The molecule has 1 fully saturated rings. The minimum absolute atomic E-state index is 0.0493. The van der Waals surface area contributed by atoms with Crippen LogP contribution < -0.4 is 0 Å². The zero-order chi connectivity index (χ0) is 23.2. The maximum atomic E-state index is 13.7. The standard InChI is InChI=1S/C24H20F2N4O3/c1-14-4-2-3-5-17(14)24(10-11-24)23-27-21(33-29-23)18-12-19(20(25)26)30(28-18)13-15-6-8-16(9-7-15)22(31)32/h2-9,12,20H,10-11,13H2,1H3,(H,31,32). The highest BCUT2D eigenvalue weighted by molar-refractivity contribution is 5.87. The predicted octanol–water partition coefficient (Wildman–Crippen LogP) is 5.01. The van der Waals surface area contributed by atoms with Gasteiger partial charge in [-0.05, 0) is 54.7 Å². The third kappa shape index (κ3) is 3.79. The topological polar surface area (TPSA) is 94.0 Å². The molecule has 0 saturated heterocycles. The fourth-order valence-electron chi connectivity index (χ4n) is 4.13. The summed E-state index contributed by atoms with van der Waals surface area (Å²) in [6.07, 6.45) is -0.978. The second-order valence-corrected chi connectivity index (χ2v) is 8.24. The molecule has 2 aromatic heterocycles. The Labute approximate surface area is 187 Å². The number of aryl methyl sites for hydroxylation is 1. The van der Waals surface area contributed by atoms with Crippen molar-refractivity contribution < 1.29 is 23.2 Å². The van der Waals surface area contributed by atoms with E-state index in [2.05, 4.69) is 21.3 Å². The van der Waals surface area contributed by atoms with Crippen molar-refractivity contribution in [3.63, 3.8) is 0 Å². The molecule has 2 heterocycles. The largest absolute Gasteiger partial charge is 0.478 e. The van der Waals surface area contributed by atoms with E-state index in [-0.39, 0.29) is 34.8 Å². The van der Waals surface area contributed by atoms with E-state index in [1.807, 2.05) is 25.1 Å². The number of benzene rings is 2. The number of carboxylic acids is 1. The van der Waals surface area contributed by atoms with E-state index in [0.717, 1.165) is 24.0 Å². The van der Waals surface area contributed by atoms with Crippen molar-refractivity contribution in [3.8, 4) is 11.6 Å². The molecule has 0 bridgehead atoms. The lowest BCUT2D eigenvalue weighted by atomic mass is 9.91. The van der Waals surface area contributed by atoms with E-state index in [1.54, 1.807) is 12.1 Å². The highest BCUT2D eigenvalue weighted by Crippen LogP contribution is 2.53. The van der Waals surface area contributed by atoms with Gasteiger partial charge >= 0.3 is 5.97 Å². The van der Waals surface area contributed by atoms with E-state index >= 15 is 0 Å². The normalized spacial score (nSPS) is 14.5. The van der Waals surface area contributed by atoms with Crippen LogP contribution >= 0.6 is 0 Å². The zero-order valence-corrected chi connectivity index (χ0v) is 17.7. The van der Waals surface area contributed by atoms with Gasteiger partial charge in [-0.15, -0.1) is 0 Å². The van der Waals surface area contributed by atoms with Crippen molar-refractivity contribution in [1.82, 2.24) is 19.9 Å². The Bertz CT molecular complexity index is 1320. The fourth-order valence-corrected chi connectivity index (χ4v) is 4.13. The first kappa shape index (κ1) is 21.0. The molecule has 5 rings (SSSR count). The van der Waals surface area contributed by atoms with Crippen LogP contribution in [0.5, 0.6) is 0 Å². The monoisotopic (exact) mass is 450 g/mol. The van der Waals surface area contributed by atoms with E-state index in [4.69, 9.17) is 9.63 Å². The number of carbonyl (C=O) groups is 1. The van der Waals surface area contributed by atoms with Gasteiger partial charge in [-0.3, -0.25) is 4.68 Å². The molecule has 0 atom stereocenters. The summed E-state index contributed by atoms with van der Waals surface area (Å²) in [4.78, 5) is 15.5. The molecule has 2 aromatic carbocycles. The van der Waals surface area contributed by atoms with E-state index < -0.39 is 12.4 Å². The number of hydrogen-bond acceptors (Lipinski definition) is 5. The smallest absolute Gasteiger partial charge is 0.335 e. The van der Waals surface area contributed by atoms with Gasteiger partial charge in [-0.25, -0.2) is 13.6 Å². The molecule has 0 unspecified atom stereocenters. The fraction of sp³-hybridized carbons (Fsp3) is 0.250. The van der Waals surface area contributed by atoms with Crippen molar-refractivity contribution in [1.29, 1.82) is 0 Å².